The molecule has 0 spiro atoms. The van der Waals surface area contributed by atoms with Gasteiger partial charge in [0.1, 0.15) is 0 Å². The Morgan fingerprint density at radius 1 is 0.536 bits per heavy atom. The summed E-state index contributed by atoms with van der Waals surface area (Å²) in [6.45, 7) is 0. The van der Waals surface area contributed by atoms with Crippen LogP contribution in [0.15, 0.2) is 24.3 Å². The van der Waals surface area contributed by atoms with E-state index in [1.54, 1.807) is 0 Å². The van der Waals surface area contributed by atoms with Crippen LogP contribution in [0.25, 0.3) is 0 Å². The molecule has 2 nitrogen and oxygen atoms in total. The van der Waals surface area contributed by atoms with Gasteiger partial charge in [0.25, 0.3) is 11.2 Å². The number of alkyl halides is 12. The molecule has 0 heterocycles. The maximum atomic E-state index is 13.2. The Hall–Kier alpha value is -1.70. The van der Waals surface area contributed by atoms with Gasteiger partial charge in [0, 0.05) is 25.3 Å². The molecule has 14 heteroatoms. The van der Waals surface area contributed by atoms with Crippen LogP contribution in [0.1, 0.15) is 11.1 Å². The standard InChI is InChI=1S/C14H10F12O2/c1-27-9(11(15,16)17,12(18,19)20)7-4-3-5-8(6-7)10(28-2,13(21,22)23)14(24,25)26/h3-6H,1-2H3. The minimum atomic E-state index is -6.27. The van der Waals surface area contributed by atoms with E-state index in [1.807, 2.05) is 0 Å². The van der Waals surface area contributed by atoms with Gasteiger partial charge in [-0.05, 0) is 6.07 Å². The number of rotatable bonds is 4. The summed E-state index contributed by atoms with van der Waals surface area (Å²) in [4.78, 5) is 0. The quantitative estimate of drug-likeness (QED) is 0.569. The van der Waals surface area contributed by atoms with Crippen molar-refractivity contribution >= 4 is 0 Å². The predicted molar refractivity (Wildman–Crippen MR) is 68.0 cm³/mol. The summed E-state index contributed by atoms with van der Waals surface area (Å²) in [6, 6.07) is -0.293. The molecule has 1 rings (SSSR count). The lowest BCUT2D eigenvalue weighted by Crippen LogP contribution is -2.57. The molecule has 162 valence electrons. The number of ether oxygens (including phenoxy) is 2. The number of halogens is 12. The maximum Gasteiger partial charge on any atom is 0.430 e. The van der Waals surface area contributed by atoms with E-state index in [0.717, 1.165) is 0 Å². The van der Waals surface area contributed by atoms with E-state index in [2.05, 4.69) is 9.47 Å². The molecule has 1 aromatic carbocycles. The van der Waals surface area contributed by atoms with Crippen LogP contribution in [0.4, 0.5) is 52.7 Å². The van der Waals surface area contributed by atoms with Gasteiger partial charge in [-0.1, -0.05) is 18.2 Å². The Bertz CT molecular complexity index is 600. The molecular formula is C14H10F12O2. The fourth-order valence-electron chi connectivity index (χ4n) is 2.63. The first kappa shape index (κ1) is 24.3. The highest BCUT2D eigenvalue weighted by Gasteiger charge is 2.75. The Kier molecular flexibility index (Phi) is 6.06. The summed E-state index contributed by atoms with van der Waals surface area (Å²) in [5.74, 6) is 0. The molecule has 0 fully saturated rings. The predicted octanol–water partition coefficient (Wildman–Crippen LogP) is 5.62. The topological polar surface area (TPSA) is 18.5 Å². The van der Waals surface area contributed by atoms with E-state index in [9.17, 15) is 52.7 Å². The van der Waals surface area contributed by atoms with E-state index in [1.165, 1.54) is 0 Å². The Morgan fingerprint density at radius 3 is 0.964 bits per heavy atom. The molecule has 0 radical (unpaired) electrons. The average molecular weight is 438 g/mol. The van der Waals surface area contributed by atoms with Crippen molar-refractivity contribution in [1.82, 2.24) is 0 Å². The van der Waals surface area contributed by atoms with Gasteiger partial charge < -0.3 is 9.47 Å². The Labute approximate surface area is 149 Å². The van der Waals surface area contributed by atoms with Gasteiger partial charge in [-0.2, -0.15) is 52.7 Å². The van der Waals surface area contributed by atoms with E-state index < -0.39 is 53.1 Å². The maximum absolute atomic E-state index is 13.2. The Morgan fingerprint density at radius 2 is 0.786 bits per heavy atom. The van der Waals surface area contributed by atoms with E-state index in [-0.39, 0.29) is 32.4 Å². The minimum Gasteiger partial charge on any atom is -0.357 e. The van der Waals surface area contributed by atoms with E-state index in [0.29, 0.717) is 0 Å². The van der Waals surface area contributed by atoms with E-state index >= 15 is 0 Å². The highest BCUT2D eigenvalue weighted by atomic mass is 19.4. The summed E-state index contributed by atoms with van der Waals surface area (Å²) in [5, 5.41) is 0. The first-order chi connectivity index (χ1) is 12.3. The zero-order valence-electron chi connectivity index (χ0n) is 13.7. The summed E-state index contributed by atoms with van der Waals surface area (Å²) in [7, 11) is -0.0739. The second-order valence-electron chi connectivity index (χ2n) is 5.34. The summed E-state index contributed by atoms with van der Waals surface area (Å²) < 4.78 is 166. The van der Waals surface area contributed by atoms with Crippen molar-refractivity contribution in [2.24, 2.45) is 0 Å². The first-order valence-corrected chi connectivity index (χ1v) is 6.81. The number of hydrogen-bond acceptors (Lipinski definition) is 2. The third-order valence-corrected chi connectivity index (χ3v) is 3.88. The van der Waals surface area contributed by atoms with E-state index in [4.69, 9.17) is 0 Å². The fourth-order valence-corrected chi connectivity index (χ4v) is 2.63. The normalized spacial score (nSPS) is 15.1. The zero-order chi connectivity index (χ0) is 22.4. The summed E-state index contributed by atoms with van der Waals surface area (Å²) in [5.41, 5.74) is -14.4. The van der Waals surface area contributed by atoms with Gasteiger partial charge in [0.05, 0.1) is 0 Å². The van der Waals surface area contributed by atoms with Crippen molar-refractivity contribution in [1.29, 1.82) is 0 Å². The molecule has 0 aliphatic carbocycles. The molecular weight excluding hydrogens is 428 g/mol. The van der Waals surface area contributed by atoms with Gasteiger partial charge in [-0.3, -0.25) is 0 Å². The molecule has 0 amide bonds. The zero-order valence-corrected chi connectivity index (χ0v) is 13.7. The molecule has 0 aromatic heterocycles. The van der Waals surface area contributed by atoms with Crippen LogP contribution >= 0.6 is 0 Å². The molecule has 0 bridgehead atoms. The van der Waals surface area contributed by atoms with Gasteiger partial charge in [-0.15, -0.1) is 0 Å². The largest absolute Gasteiger partial charge is 0.430 e. The van der Waals surface area contributed by atoms with Crippen LogP contribution in [0.2, 0.25) is 0 Å². The second kappa shape index (κ2) is 6.97. The minimum absolute atomic E-state index is 0.0370. The molecule has 0 atom stereocenters. The van der Waals surface area contributed by atoms with Crippen molar-refractivity contribution < 1.29 is 62.2 Å². The first-order valence-electron chi connectivity index (χ1n) is 6.81. The molecule has 0 aliphatic rings. The molecule has 0 saturated heterocycles. The lowest BCUT2D eigenvalue weighted by Gasteiger charge is -2.39. The summed E-state index contributed by atoms with van der Waals surface area (Å²) >= 11 is 0. The third-order valence-electron chi connectivity index (χ3n) is 3.88. The van der Waals surface area contributed by atoms with Crippen LogP contribution in [0.5, 0.6) is 0 Å². The SMILES string of the molecule is COC(c1cccc(C(OC)(C(F)(F)F)C(F)(F)F)c1)(C(F)(F)F)C(F)(F)F. The van der Waals surface area contributed by atoms with Gasteiger partial charge >= 0.3 is 24.7 Å². The average Bonchev–Trinajstić information content (AvgIpc) is 2.44. The molecule has 28 heavy (non-hydrogen) atoms. The lowest BCUT2D eigenvalue weighted by atomic mass is 9.85. The lowest BCUT2D eigenvalue weighted by molar-refractivity contribution is -0.385. The molecule has 0 aliphatic heterocycles. The fraction of sp³-hybridized carbons (Fsp3) is 0.571. The van der Waals surface area contributed by atoms with Crippen LogP contribution < -0.4 is 0 Å². The highest BCUT2D eigenvalue weighted by Crippen LogP contribution is 2.56. The third kappa shape index (κ3) is 3.40. The van der Waals surface area contributed by atoms with Gasteiger partial charge in [0.2, 0.25) is 0 Å². The van der Waals surface area contributed by atoms with Crippen molar-refractivity contribution in [2.75, 3.05) is 14.2 Å². The van der Waals surface area contributed by atoms with Crippen LogP contribution in [0, 0.1) is 0 Å². The monoisotopic (exact) mass is 438 g/mol. The molecule has 0 N–H and O–H groups in total. The number of methoxy groups -OCH3 is 2. The van der Waals surface area contributed by atoms with Crippen LogP contribution in [0.3, 0.4) is 0 Å². The van der Waals surface area contributed by atoms with Crippen LogP contribution in [-0.4, -0.2) is 38.9 Å². The number of benzene rings is 1. The van der Waals surface area contributed by atoms with Gasteiger partial charge in [-0.25, -0.2) is 0 Å². The summed E-state index contributed by atoms with van der Waals surface area (Å²) in [6.07, 6.45) is -25.1. The number of hydrogen-bond donors (Lipinski definition) is 0. The van der Waals surface area contributed by atoms with Gasteiger partial charge in [0.15, 0.2) is 0 Å². The molecule has 1 aromatic rings. The van der Waals surface area contributed by atoms with Crippen LogP contribution in [-0.2, 0) is 20.7 Å². The van der Waals surface area contributed by atoms with Crippen molar-refractivity contribution in [3.63, 3.8) is 0 Å². The molecule has 0 saturated carbocycles. The van der Waals surface area contributed by atoms with Crippen molar-refractivity contribution in [3.8, 4) is 0 Å². The highest BCUT2D eigenvalue weighted by molar-refractivity contribution is 5.36. The second-order valence-corrected chi connectivity index (χ2v) is 5.34. The molecule has 0 unspecified atom stereocenters. The van der Waals surface area contributed by atoms with Crippen molar-refractivity contribution in [3.05, 3.63) is 35.4 Å². The smallest absolute Gasteiger partial charge is 0.357 e. The Balaban J connectivity index is 3.96. The van der Waals surface area contributed by atoms with Crippen molar-refractivity contribution in [2.45, 2.75) is 35.9 Å².